The van der Waals surface area contributed by atoms with Crippen molar-refractivity contribution in [1.82, 2.24) is 4.57 Å². The van der Waals surface area contributed by atoms with Gasteiger partial charge >= 0.3 is 0 Å². The summed E-state index contributed by atoms with van der Waals surface area (Å²) >= 11 is 0. The molecule has 4 heteroatoms. The molecule has 1 aliphatic rings. The average Bonchev–Trinajstić information content (AvgIpc) is 2.94. The number of nitrogens with zero attached hydrogens (tertiary/aromatic N) is 2. The molecule has 0 atom stereocenters. The molecular weight excluding hydrogens is 322 g/mol. The molecule has 1 saturated carbocycles. The fraction of sp³-hybridized carbons (Fsp3) is 0.318. The lowest BCUT2D eigenvalue weighted by Crippen LogP contribution is -2.17. The summed E-state index contributed by atoms with van der Waals surface area (Å²) in [7, 11) is 1.91. The van der Waals surface area contributed by atoms with Gasteiger partial charge in [-0.1, -0.05) is 12.1 Å². The van der Waals surface area contributed by atoms with Gasteiger partial charge in [0.1, 0.15) is 11.8 Å². The van der Waals surface area contributed by atoms with Gasteiger partial charge in [-0.3, -0.25) is 0 Å². The van der Waals surface area contributed by atoms with Gasteiger partial charge in [0.25, 0.3) is 0 Å². The minimum Gasteiger partial charge on any atom is -0.494 e. The lowest BCUT2D eigenvalue weighted by molar-refractivity contribution is 0.322. The predicted octanol–water partition coefficient (Wildman–Crippen LogP) is 5.35. The highest BCUT2D eigenvalue weighted by molar-refractivity contribution is 5.95. The van der Waals surface area contributed by atoms with E-state index in [9.17, 15) is 5.26 Å². The third-order valence-corrected chi connectivity index (χ3v) is 5.29. The van der Waals surface area contributed by atoms with Crippen LogP contribution < -0.4 is 10.1 Å². The van der Waals surface area contributed by atoms with Gasteiger partial charge < -0.3 is 14.6 Å². The highest BCUT2D eigenvalue weighted by Crippen LogP contribution is 2.43. The third-order valence-electron chi connectivity index (χ3n) is 5.29. The molecule has 0 bridgehead atoms. The van der Waals surface area contributed by atoms with Crippen molar-refractivity contribution in [3.05, 3.63) is 48.0 Å². The summed E-state index contributed by atoms with van der Waals surface area (Å²) in [6.07, 6.45) is 3.57. The van der Waals surface area contributed by atoms with Crippen molar-refractivity contribution in [2.45, 2.75) is 32.2 Å². The number of hydrogen-bond acceptors (Lipinski definition) is 3. The zero-order valence-corrected chi connectivity index (χ0v) is 15.2. The van der Waals surface area contributed by atoms with E-state index in [4.69, 9.17) is 4.74 Å². The Labute approximate surface area is 154 Å². The van der Waals surface area contributed by atoms with Crippen LogP contribution in [0.3, 0.4) is 0 Å². The van der Waals surface area contributed by atoms with E-state index in [1.165, 1.54) is 6.42 Å². The maximum absolute atomic E-state index is 9.93. The number of ether oxygens (including phenoxy) is 1. The van der Waals surface area contributed by atoms with Gasteiger partial charge in [0.05, 0.1) is 23.4 Å². The molecule has 26 heavy (non-hydrogen) atoms. The second-order valence-corrected chi connectivity index (χ2v) is 6.73. The largest absolute Gasteiger partial charge is 0.494 e. The molecule has 0 unspecified atom stereocenters. The van der Waals surface area contributed by atoms with E-state index in [-0.39, 0.29) is 0 Å². The molecule has 132 valence electrons. The molecule has 0 saturated heterocycles. The van der Waals surface area contributed by atoms with Crippen molar-refractivity contribution in [2.24, 2.45) is 0 Å². The van der Waals surface area contributed by atoms with Crippen molar-refractivity contribution in [3.8, 4) is 23.1 Å². The predicted molar refractivity (Wildman–Crippen MR) is 106 cm³/mol. The maximum Gasteiger partial charge on any atom is 0.121 e. The second-order valence-electron chi connectivity index (χ2n) is 6.73. The first-order valence-corrected chi connectivity index (χ1v) is 9.25. The maximum atomic E-state index is 9.93. The van der Waals surface area contributed by atoms with Crippen molar-refractivity contribution < 1.29 is 4.74 Å². The summed E-state index contributed by atoms with van der Waals surface area (Å²) < 4.78 is 8.08. The van der Waals surface area contributed by atoms with E-state index < -0.39 is 0 Å². The van der Waals surface area contributed by atoms with Gasteiger partial charge in [-0.25, -0.2) is 0 Å². The molecule has 4 nitrogen and oxygen atoms in total. The topological polar surface area (TPSA) is 50.0 Å². The molecular formula is C22H23N3O. The van der Waals surface area contributed by atoms with Gasteiger partial charge in [-0.2, -0.15) is 5.26 Å². The first kappa shape index (κ1) is 16.5. The van der Waals surface area contributed by atoms with E-state index in [1.807, 2.05) is 26.1 Å². The van der Waals surface area contributed by atoms with Crippen LogP contribution in [0.4, 0.5) is 5.69 Å². The molecule has 0 radical (unpaired) electrons. The van der Waals surface area contributed by atoms with Crippen molar-refractivity contribution in [2.75, 3.05) is 19.0 Å². The highest BCUT2D eigenvalue weighted by atomic mass is 16.5. The van der Waals surface area contributed by atoms with E-state index in [2.05, 4.69) is 46.3 Å². The Balaban J connectivity index is 1.98. The van der Waals surface area contributed by atoms with Crippen LogP contribution in [0, 0.1) is 11.3 Å². The minimum atomic E-state index is 0.454. The second kappa shape index (κ2) is 6.76. The average molecular weight is 345 g/mol. The number of nitrogens with one attached hydrogen (secondary N) is 1. The number of hydrogen-bond donors (Lipinski definition) is 1. The quantitative estimate of drug-likeness (QED) is 0.678. The molecule has 1 heterocycles. The first-order valence-electron chi connectivity index (χ1n) is 9.25. The van der Waals surface area contributed by atoms with Crippen LogP contribution in [0.15, 0.2) is 42.5 Å². The standard InChI is InChI=1S/C22H23N3O/c1-3-26-18-11-12-19-20(14-23)22(15-7-9-16(24-2)10-8-15)25(21(19)13-18)17-5-4-6-17/h7-13,17,24H,3-6H2,1-2H3. The Morgan fingerprint density at radius 1 is 1.19 bits per heavy atom. The molecule has 4 rings (SSSR count). The number of nitriles is 1. The molecule has 1 aliphatic carbocycles. The number of fused-ring (bicyclic) bond motifs is 1. The third kappa shape index (κ3) is 2.61. The smallest absolute Gasteiger partial charge is 0.121 e. The van der Waals surface area contributed by atoms with Crippen LogP contribution in [0.25, 0.3) is 22.2 Å². The van der Waals surface area contributed by atoms with E-state index in [0.717, 1.165) is 52.0 Å². The van der Waals surface area contributed by atoms with Crippen molar-refractivity contribution in [3.63, 3.8) is 0 Å². The zero-order valence-electron chi connectivity index (χ0n) is 15.2. The number of anilines is 1. The van der Waals surface area contributed by atoms with Gasteiger partial charge in [-0.05, 0) is 56.0 Å². The Hall–Kier alpha value is -2.93. The molecule has 0 spiro atoms. The van der Waals surface area contributed by atoms with Crippen LogP contribution >= 0.6 is 0 Å². The zero-order chi connectivity index (χ0) is 18.1. The molecule has 2 aromatic carbocycles. The summed E-state index contributed by atoms with van der Waals surface area (Å²) in [6.45, 7) is 2.63. The molecule has 1 fully saturated rings. The van der Waals surface area contributed by atoms with Crippen LogP contribution in [0.5, 0.6) is 5.75 Å². The molecule has 1 aromatic heterocycles. The fourth-order valence-corrected chi connectivity index (χ4v) is 3.76. The van der Waals surface area contributed by atoms with Crippen molar-refractivity contribution in [1.29, 1.82) is 5.26 Å². The Morgan fingerprint density at radius 2 is 1.96 bits per heavy atom. The fourth-order valence-electron chi connectivity index (χ4n) is 3.76. The number of benzene rings is 2. The van der Waals surface area contributed by atoms with Crippen LogP contribution in [-0.2, 0) is 0 Å². The highest BCUT2D eigenvalue weighted by Gasteiger charge is 2.27. The molecule has 0 aliphatic heterocycles. The molecule has 0 amide bonds. The summed E-state index contributed by atoms with van der Waals surface area (Å²) in [5.74, 6) is 0.861. The van der Waals surface area contributed by atoms with Crippen LogP contribution in [0.2, 0.25) is 0 Å². The van der Waals surface area contributed by atoms with Crippen molar-refractivity contribution >= 4 is 16.6 Å². The molecule has 1 N–H and O–H groups in total. The number of rotatable bonds is 5. The monoisotopic (exact) mass is 345 g/mol. The lowest BCUT2D eigenvalue weighted by atomic mass is 9.92. The minimum absolute atomic E-state index is 0.454. The Kier molecular flexibility index (Phi) is 4.30. The van der Waals surface area contributed by atoms with Crippen LogP contribution in [0.1, 0.15) is 37.8 Å². The Bertz CT molecular complexity index is 975. The van der Waals surface area contributed by atoms with E-state index >= 15 is 0 Å². The van der Waals surface area contributed by atoms with Gasteiger partial charge in [0.2, 0.25) is 0 Å². The van der Waals surface area contributed by atoms with E-state index in [0.29, 0.717) is 12.6 Å². The molecule has 3 aromatic rings. The normalized spacial score (nSPS) is 14.0. The number of aromatic nitrogens is 1. The van der Waals surface area contributed by atoms with Gasteiger partial charge in [-0.15, -0.1) is 0 Å². The summed E-state index contributed by atoms with van der Waals surface area (Å²) in [4.78, 5) is 0. The van der Waals surface area contributed by atoms with Crippen LogP contribution in [-0.4, -0.2) is 18.2 Å². The summed E-state index contributed by atoms with van der Waals surface area (Å²) in [5.41, 5.74) is 5.04. The van der Waals surface area contributed by atoms with E-state index in [1.54, 1.807) is 0 Å². The Morgan fingerprint density at radius 3 is 2.54 bits per heavy atom. The SMILES string of the molecule is CCOc1ccc2c(C#N)c(-c3ccc(NC)cc3)n(C3CCC3)c2c1. The summed E-state index contributed by atoms with van der Waals surface area (Å²) in [5, 5.41) is 14.1. The van der Waals surface area contributed by atoms with Gasteiger partial charge in [0.15, 0.2) is 0 Å². The van der Waals surface area contributed by atoms with Gasteiger partial charge in [0, 0.05) is 30.2 Å². The summed E-state index contributed by atoms with van der Waals surface area (Å²) in [6, 6.07) is 17.3. The lowest BCUT2D eigenvalue weighted by Gasteiger charge is -2.30. The first-order chi connectivity index (χ1) is 12.8.